The summed E-state index contributed by atoms with van der Waals surface area (Å²) in [6.45, 7) is 13.2. The van der Waals surface area contributed by atoms with Crippen molar-refractivity contribution in [1.29, 1.82) is 0 Å². The minimum atomic E-state index is -0.141. The van der Waals surface area contributed by atoms with E-state index in [0.717, 1.165) is 11.1 Å². The van der Waals surface area contributed by atoms with E-state index in [1.54, 1.807) is 0 Å². The molecule has 0 N–H and O–H groups in total. The van der Waals surface area contributed by atoms with Crippen LogP contribution in [0.3, 0.4) is 0 Å². The third kappa shape index (κ3) is 3.81. The van der Waals surface area contributed by atoms with Crippen LogP contribution in [0.25, 0.3) is 98.0 Å². The Morgan fingerprint density at radius 1 is 0.520 bits per heavy atom. The van der Waals surface area contributed by atoms with Gasteiger partial charge in [-0.25, -0.2) is 0 Å². The molecule has 0 bridgehead atoms. The normalized spacial score (nSPS) is 13.3. The van der Waals surface area contributed by atoms with Gasteiger partial charge in [0.1, 0.15) is 0 Å². The summed E-state index contributed by atoms with van der Waals surface area (Å²) >= 11 is 1.95. The molecule has 0 nitrogen and oxygen atoms in total. The highest BCUT2D eigenvalue weighted by molar-refractivity contribution is 7.26. The van der Waals surface area contributed by atoms with Crippen LogP contribution in [0.15, 0.2) is 147 Å². The van der Waals surface area contributed by atoms with Gasteiger partial charge in [-0.05, 0) is 100 Å². The molecule has 236 valence electrons. The van der Waals surface area contributed by atoms with Crippen molar-refractivity contribution < 1.29 is 0 Å². The molecule has 0 atom stereocenters. The molecule has 9 aromatic rings. The zero-order valence-corrected chi connectivity index (χ0v) is 29.0. The van der Waals surface area contributed by atoms with Crippen LogP contribution >= 0.6 is 11.3 Å². The molecule has 0 amide bonds. The van der Waals surface area contributed by atoms with Crippen molar-refractivity contribution in [3.05, 3.63) is 169 Å². The first-order chi connectivity index (χ1) is 24.5. The van der Waals surface area contributed by atoms with Gasteiger partial charge >= 0.3 is 0 Å². The maximum absolute atomic E-state index is 4.22. The SMILES string of the molecule is C=Cc1cccc(-c2c3ccccc3c(-c3ccc4c(c3)-c3c(c5sc6ccccc6c5c5ccccc35)C4(C)C)c3ccccc23)c1C=C. The lowest BCUT2D eigenvalue weighted by Gasteiger charge is -2.23. The molecular formula is C49H34S. The average molecular weight is 655 g/mol. The van der Waals surface area contributed by atoms with Crippen LogP contribution in [0.2, 0.25) is 0 Å². The molecule has 10 rings (SSSR count). The minimum absolute atomic E-state index is 0.141. The van der Waals surface area contributed by atoms with Crippen LogP contribution in [0, 0.1) is 0 Å². The fourth-order valence-corrected chi connectivity index (χ4v) is 10.5. The van der Waals surface area contributed by atoms with Gasteiger partial charge in [-0.3, -0.25) is 0 Å². The molecule has 0 unspecified atom stereocenters. The summed E-state index contributed by atoms with van der Waals surface area (Å²) < 4.78 is 2.77. The van der Waals surface area contributed by atoms with Gasteiger partial charge in [0.15, 0.2) is 0 Å². The van der Waals surface area contributed by atoms with Crippen molar-refractivity contribution in [2.75, 3.05) is 0 Å². The Kier molecular flexibility index (Phi) is 6.20. The molecule has 0 saturated carbocycles. The van der Waals surface area contributed by atoms with Crippen molar-refractivity contribution in [3.8, 4) is 33.4 Å². The summed E-state index contributed by atoms with van der Waals surface area (Å²) in [7, 11) is 0. The number of rotatable bonds is 4. The first-order valence-electron chi connectivity index (χ1n) is 17.3. The molecule has 1 aliphatic carbocycles. The summed E-state index contributed by atoms with van der Waals surface area (Å²) in [6.07, 6.45) is 3.90. The smallest absolute Gasteiger partial charge is 0.0408 e. The predicted molar refractivity (Wildman–Crippen MR) is 220 cm³/mol. The van der Waals surface area contributed by atoms with Gasteiger partial charge in [0.05, 0.1) is 0 Å². The number of hydrogen-bond donors (Lipinski definition) is 0. The number of fused-ring (bicyclic) bond motifs is 12. The van der Waals surface area contributed by atoms with Gasteiger partial charge in [-0.15, -0.1) is 11.3 Å². The quantitative estimate of drug-likeness (QED) is 0.166. The Hall–Kier alpha value is -5.76. The van der Waals surface area contributed by atoms with E-state index in [9.17, 15) is 0 Å². The lowest BCUT2D eigenvalue weighted by Crippen LogP contribution is -2.15. The fourth-order valence-electron chi connectivity index (χ4n) is 9.06. The van der Waals surface area contributed by atoms with Crippen molar-refractivity contribution in [2.24, 2.45) is 0 Å². The van der Waals surface area contributed by atoms with E-state index < -0.39 is 0 Å². The monoisotopic (exact) mass is 654 g/mol. The first-order valence-corrected chi connectivity index (χ1v) is 18.2. The topological polar surface area (TPSA) is 0 Å². The van der Waals surface area contributed by atoms with Crippen molar-refractivity contribution in [2.45, 2.75) is 19.3 Å². The summed E-state index contributed by atoms with van der Waals surface area (Å²) in [6, 6.07) is 49.6. The van der Waals surface area contributed by atoms with Crippen molar-refractivity contribution >= 4 is 76.0 Å². The summed E-state index contributed by atoms with van der Waals surface area (Å²) in [5.41, 5.74) is 12.6. The molecular weight excluding hydrogens is 621 g/mol. The second-order valence-electron chi connectivity index (χ2n) is 14.0. The first kappa shape index (κ1) is 29.2. The standard InChI is InChI=1S/C49H34S/c1-5-29-16-15-24-32(31(29)6-2)44-35-19-9-7-17-33(35)43(34-18-8-10-20-36(34)44)30-26-27-41-40(28-30)45-37-21-11-12-22-38(37)46-39-23-13-14-25-42(39)50-48(46)47(45)49(41,3)4/h5-28H,1-2H2,3-4H3. The molecule has 0 aliphatic heterocycles. The van der Waals surface area contributed by atoms with Gasteiger partial charge in [-0.2, -0.15) is 0 Å². The molecule has 1 aromatic heterocycles. The van der Waals surface area contributed by atoms with Crippen LogP contribution in [0.5, 0.6) is 0 Å². The van der Waals surface area contributed by atoms with Crippen LogP contribution in [0.1, 0.15) is 36.1 Å². The lowest BCUT2D eigenvalue weighted by molar-refractivity contribution is 0.667. The van der Waals surface area contributed by atoms with Crippen LogP contribution in [0.4, 0.5) is 0 Å². The average Bonchev–Trinajstić information content (AvgIpc) is 3.65. The Bertz CT molecular complexity index is 2870. The van der Waals surface area contributed by atoms with E-state index in [2.05, 4.69) is 160 Å². The van der Waals surface area contributed by atoms with Crippen molar-refractivity contribution in [3.63, 3.8) is 0 Å². The fraction of sp³-hybridized carbons (Fsp3) is 0.0612. The largest absolute Gasteiger partial charge is 0.135 e. The van der Waals surface area contributed by atoms with Crippen LogP contribution in [-0.4, -0.2) is 0 Å². The summed E-state index contributed by atoms with van der Waals surface area (Å²) in [5.74, 6) is 0. The maximum atomic E-state index is 4.22. The second-order valence-corrected chi connectivity index (χ2v) is 15.1. The molecule has 1 aliphatic rings. The lowest BCUT2D eigenvalue weighted by atomic mass is 9.80. The van der Waals surface area contributed by atoms with E-state index in [0.29, 0.717) is 0 Å². The highest BCUT2D eigenvalue weighted by Gasteiger charge is 2.39. The Morgan fingerprint density at radius 3 is 1.74 bits per heavy atom. The van der Waals surface area contributed by atoms with Crippen molar-refractivity contribution in [1.82, 2.24) is 0 Å². The van der Waals surface area contributed by atoms with Crippen LogP contribution < -0.4 is 0 Å². The Balaban J connectivity index is 1.31. The number of benzene rings is 8. The molecule has 1 heteroatoms. The van der Waals surface area contributed by atoms with E-state index >= 15 is 0 Å². The van der Waals surface area contributed by atoms with E-state index in [4.69, 9.17) is 0 Å². The zero-order chi connectivity index (χ0) is 33.7. The molecule has 0 radical (unpaired) electrons. The summed E-state index contributed by atoms with van der Waals surface area (Å²) in [4.78, 5) is 0. The van der Waals surface area contributed by atoms with Gasteiger partial charge in [0.2, 0.25) is 0 Å². The van der Waals surface area contributed by atoms with E-state index in [1.165, 1.54) is 97.0 Å². The number of thiophene rings is 1. The molecule has 0 spiro atoms. The maximum Gasteiger partial charge on any atom is 0.0408 e. The van der Waals surface area contributed by atoms with E-state index in [1.807, 2.05) is 23.5 Å². The molecule has 50 heavy (non-hydrogen) atoms. The molecule has 1 heterocycles. The van der Waals surface area contributed by atoms with Gasteiger partial charge in [-0.1, -0.05) is 160 Å². The highest BCUT2D eigenvalue weighted by atomic mass is 32.1. The minimum Gasteiger partial charge on any atom is -0.135 e. The zero-order valence-electron chi connectivity index (χ0n) is 28.2. The Labute approximate surface area is 296 Å². The summed E-state index contributed by atoms with van der Waals surface area (Å²) in [5, 5.41) is 10.4. The number of hydrogen-bond acceptors (Lipinski definition) is 1. The van der Waals surface area contributed by atoms with Gasteiger partial charge in [0.25, 0.3) is 0 Å². The highest BCUT2D eigenvalue weighted by Crippen LogP contribution is 2.58. The third-order valence-corrected chi connectivity index (χ3v) is 12.4. The van der Waals surface area contributed by atoms with Gasteiger partial charge in [0, 0.05) is 25.6 Å². The second kappa shape index (κ2) is 10.6. The predicted octanol–water partition coefficient (Wildman–Crippen LogP) is 14.4. The molecule has 0 fully saturated rings. The molecule has 0 saturated heterocycles. The van der Waals surface area contributed by atoms with E-state index in [-0.39, 0.29) is 5.41 Å². The van der Waals surface area contributed by atoms with Crippen LogP contribution in [-0.2, 0) is 5.41 Å². The molecule has 8 aromatic carbocycles. The van der Waals surface area contributed by atoms with Gasteiger partial charge < -0.3 is 0 Å². The third-order valence-electron chi connectivity index (χ3n) is 11.2. The Morgan fingerprint density at radius 2 is 1.10 bits per heavy atom.